The van der Waals surface area contributed by atoms with Crippen molar-refractivity contribution < 1.29 is 30.3 Å². The fraction of sp³-hybridized carbons (Fsp3) is 0.750. The molecule has 5 N–H and O–H groups in total. The van der Waals surface area contributed by atoms with Gasteiger partial charge >= 0.3 is 0 Å². The Balaban J connectivity index is 1.83. The molecule has 0 aliphatic heterocycles. The van der Waals surface area contributed by atoms with Gasteiger partial charge in [0.2, 0.25) is 0 Å². The fourth-order valence-electron chi connectivity index (χ4n) is 4.98. The smallest absolute Gasteiger partial charge is 0.184 e. The van der Waals surface area contributed by atoms with Crippen LogP contribution in [0.4, 0.5) is 0 Å². The first kappa shape index (κ1) is 19.7. The van der Waals surface area contributed by atoms with E-state index in [0.717, 1.165) is 24.8 Å². The minimum absolute atomic E-state index is 0.0490. The molecule has 0 unspecified atom stereocenters. The van der Waals surface area contributed by atoms with E-state index in [1.54, 1.807) is 13.0 Å². The summed E-state index contributed by atoms with van der Waals surface area (Å²) in [6, 6.07) is 0. The zero-order valence-electron chi connectivity index (χ0n) is 15.5. The summed E-state index contributed by atoms with van der Waals surface area (Å²) in [6.07, 6.45) is 0.412. The maximum atomic E-state index is 12.8. The maximum Gasteiger partial charge on any atom is 0.184 e. The summed E-state index contributed by atoms with van der Waals surface area (Å²) in [4.78, 5) is 12.8. The average Bonchev–Trinajstić information content (AvgIpc) is 2.57. The highest BCUT2D eigenvalue weighted by molar-refractivity contribution is 6.09. The van der Waals surface area contributed by atoms with E-state index in [4.69, 9.17) is 0 Å². The largest absolute Gasteiger partial charge is 0.392 e. The highest BCUT2D eigenvalue weighted by Crippen LogP contribution is 2.50. The van der Waals surface area contributed by atoms with E-state index in [9.17, 15) is 30.3 Å². The second-order valence-electron chi connectivity index (χ2n) is 8.63. The lowest BCUT2D eigenvalue weighted by atomic mass is 9.61. The molecule has 0 aromatic rings. The summed E-state index contributed by atoms with van der Waals surface area (Å²) in [5.74, 6) is -0.0490. The van der Waals surface area contributed by atoms with E-state index in [1.165, 1.54) is 0 Å². The van der Waals surface area contributed by atoms with Gasteiger partial charge in [-0.1, -0.05) is 18.6 Å². The molecule has 3 aliphatic carbocycles. The van der Waals surface area contributed by atoms with Gasteiger partial charge in [0, 0.05) is 18.3 Å². The average molecular weight is 366 g/mol. The molecule has 0 radical (unpaired) electrons. The topological polar surface area (TPSA) is 118 Å². The zero-order chi connectivity index (χ0) is 19.3. The van der Waals surface area contributed by atoms with Crippen molar-refractivity contribution in [3.05, 3.63) is 22.8 Å². The zero-order valence-corrected chi connectivity index (χ0v) is 15.5. The summed E-state index contributed by atoms with van der Waals surface area (Å²) < 4.78 is 0. The Bertz CT molecular complexity index is 639. The van der Waals surface area contributed by atoms with Crippen LogP contribution in [0.25, 0.3) is 0 Å². The first-order chi connectivity index (χ1) is 12.1. The van der Waals surface area contributed by atoms with Gasteiger partial charge in [-0.25, -0.2) is 0 Å². The standard InChI is InChI=1S/C20H30O6/c1-11-13-4-3-5-16(23)19(13,2)8-12(17(11)24)6-7-20(26)9-14(21)18(25)15(22)10-20/h6,14-16,18,21-23,25-26H,3-5,7-10H2,1-2H3/b12-6+/t14-,15-,16+,18?,19+,20?/m1/s1. The molecule has 26 heavy (non-hydrogen) atoms. The van der Waals surface area contributed by atoms with Crippen LogP contribution in [0.1, 0.15) is 58.8 Å². The number of allylic oxidation sites excluding steroid dienone is 2. The van der Waals surface area contributed by atoms with Crippen molar-refractivity contribution >= 4 is 5.78 Å². The van der Waals surface area contributed by atoms with E-state index in [0.29, 0.717) is 17.6 Å². The molecule has 0 aromatic heterocycles. The summed E-state index contributed by atoms with van der Waals surface area (Å²) >= 11 is 0. The first-order valence-corrected chi connectivity index (χ1v) is 9.46. The van der Waals surface area contributed by atoms with Gasteiger partial charge in [-0.05, 0) is 50.2 Å². The SMILES string of the molecule is CC1=C2CCC[C@H](O)[C@@]2(C)C/C(=C\CC2(O)C[C@@H](O)C(O)[C@H](O)C2)C1=O. The highest BCUT2D eigenvalue weighted by Gasteiger charge is 2.46. The summed E-state index contributed by atoms with van der Waals surface area (Å²) in [7, 11) is 0. The summed E-state index contributed by atoms with van der Waals surface area (Å²) in [6.45, 7) is 3.80. The predicted molar refractivity (Wildman–Crippen MR) is 95.2 cm³/mol. The van der Waals surface area contributed by atoms with Crippen molar-refractivity contribution in [1.82, 2.24) is 0 Å². The highest BCUT2D eigenvalue weighted by atomic mass is 16.4. The minimum atomic E-state index is -1.37. The number of Topliss-reactive ketones (excluding diaryl/α,β-unsaturated/α-hetero) is 1. The molecule has 0 bridgehead atoms. The van der Waals surface area contributed by atoms with E-state index in [-0.39, 0.29) is 25.0 Å². The van der Waals surface area contributed by atoms with Crippen LogP contribution in [0.15, 0.2) is 22.8 Å². The number of carbonyl (C=O) groups is 1. The normalized spacial score (nSPS) is 45.8. The van der Waals surface area contributed by atoms with Crippen molar-refractivity contribution in [2.75, 3.05) is 0 Å². The number of hydrogen-bond acceptors (Lipinski definition) is 6. The lowest BCUT2D eigenvalue weighted by Crippen LogP contribution is -2.52. The van der Waals surface area contributed by atoms with Crippen LogP contribution in [0.5, 0.6) is 0 Å². The van der Waals surface area contributed by atoms with Gasteiger partial charge in [0.25, 0.3) is 0 Å². The van der Waals surface area contributed by atoms with Crippen LogP contribution < -0.4 is 0 Å². The summed E-state index contributed by atoms with van der Waals surface area (Å²) in [5, 5.41) is 50.6. The molecule has 6 heteroatoms. The predicted octanol–water partition coefficient (Wildman–Crippen LogP) is 0.751. The molecule has 146 valence electrons. The maximum absolute atomic E-state index is 12.8. The molecule has 2 saturated carbocycles. The van der Waals surface area contributed by atoms with Crippen molar-refractivity contribution in [2.24, 2.45) is 5.41 Å². The van der Waals surface area contributed by atoms with Crippen LogP contribution in [-0.4, -0.2) is 61.3 Å². The van der Waals surface area contributed by atoms with Gasteiger partial charge in [0.05, 0.1) is 23.9 Å². The minimum Gasteiger partial charge on any atom is -0.392 e. The van der Waals surface area contributed by atoms with Crippen molar-refractivity contribution in [2.45, 2.75) is 88.8 Å². The van der Waals surface area contributed by atoms with Crippen LogP contribution in [0.2, 0.25) is 0 Å². The molecule has 2 fully saturated rings. The van der Waals surface area contributed by atoms with Crippen LogP contribution in [0.3, 0.4) is 0 Å². The quantitative estimate of drug-likeness (QED) is 0.460. The molecule has 6 nitrogen and oxygen atoms in total. The van der Waals surface area contributed by atoms with Crippen molar-refractivity contribution in [3.63, 3.8) is 0 Å². The number of carbonyl (C=O) groups excluding carboxylic acids is 1. The number of fused-ring (bicyclic) bond motifs is 1. The lowest BCUT2D eigenvalue weighted by molar-refractivity contribution is -0.153. The second kappa shape index (κ2) is 6.84. The Hall–Kier alpha value is -1.05. The third-order valence-electron chi connectivity index (χ3n) is 6.67. The van der Waals surface area contributed by atoms with Crippen LogP contribution in [-0.2, 0) is 4.79 Å². The first-order valence-electron chi connectivity index (χ1n) is 9.46. The molecule has 0 aromatic carbocycles. The van der Waals surface area contributed by atoms with E-state index < -0.39 is 35.4 Å². The van der Waals surface area contributed by atoms with Gasteiger partial charge in [-0.15, -0.1) is 0 Å². The number of hydrogen-bond donors (Lipinski definition) is 5. The van der Waals surface area contributed by atoms with Crippen LogP contribution >= 0.6 is 0 Å². The molecular weight excluding hydrogens is 336 g/mol. The second-order valence-corrected chi connectivity index (χ2v) is 8.63. The molecular formula is C20H30O6. The molecule has 0 amide bonds. The molecule has 0 saturated heterocycles. The molecule has 3 rings (SSSR count). The van der Waals surface area contributed by atoms with E-state index >= 15 is 0 Å². The number of rotatable bonds is 2. The van der Waals surface area contributed by atoms with Gasteiger partial charge in [0.1, 0.15) is 6.10 Å². The monoisotopic (exact) mass is 366 g/mol. The lowest BCUT2D eigenvalue weighted by Gasteiger charge is -2.45. The van der Waals surface area contributed by atoms with Gasteiger partial charge in [-0.2, -0.15) is 0 Å². The van der Waals surface area contributed by atoms with Crippen molar-refractivity contribution in [3.8, 4) is 0 Å². The third-order valence-corrected chi connectivity index (χ3v) is 6.67. The Labute approximate surface area is 153 Å². The van der Waals surface area contributed by atoms with Gasteiger partial charge < -0.3 is 25.5 Å². The molecule has 3 aliphatic rings. The molecule has 4 atom stereocenters. The van der Waals surface area contributed by atoms with E-state index in [1.807, 2.05) is 6.92 Å². The molecule has 0 spiro atoms. The number of aliphatic hydroxyl groups is 5. The number of aliphatic hydroxyl groups excluding tert-OH is 4. The third kappa shape index (κ3) is 3.29. The Morgan fingerprint density at radius 3 is 2.38 bits per heavy atom. The molecule has 0 heterocycles. The van der Waals surface area contributed by atoms with Gasteiger partial charge in [0.15, 0.2) is 5.78 Å². The van der Waals surface area contributed by atoms with Gasteiger partial charge in [-0.3, -0.25) is 4.79 Å². The van der Waals surface area contributed by atoms with Crippen LogP contribution in [0, 0.1) is 5.41 Å². The Morgan fingerprint density at radius 1 is 1.15 bits per heavy atom. The Kier molecular flexibility index (Phi) is 5.18. The fourth-order valence-corrected chi connectivity index (χ4v) is 4.98. The summed E-state index contributed by atoms with van der Waals surface area (Å²) in [5.41, 5.74) is 0.485. The number of ketones is 1. The van der Waals surface area contributed by atoms with E-state index in [2.05, 4.69) is 0 Å². The van der Waals surface area contributed by atoms with Crippen molar-refractivity contribution in [1.29, 1.82) is 0 Å². The Morgan fingerprint density at radius 2 is 1.77 bits per heavy atom.